The molecule has 0 spiro atoms. The standard InChI is InChI=1S/C16H10N2O2S/c19-15-13(10-8-17-11-5-2-1-4-9(10)11)14(16(20)18-15)12-6-3-7-21-12/h1-8,17H,(H,18,19,20). The smallest absolute Gasteiger partial charge is 0.260 e. The van der Waals surface area contributed by atoms with E-state index in [4.69, 9.17) is 0 Å². The number of para-hydroxylation sites is 1. The van der Waals surface area contributed by atoms with Gasteiger partial charge in [0.25, 0.3) is 11.8 Å². The number of aromatic nitrogens is 1. The van der Waals surface area contributed by atoms with Crippen molar-refractivity contribution in [3.05, 3.63) is 58.4 Å². The first-order valence-corrected chi connectivity index (χ1v) is 7.34. The van der Waals surface area contributed by atoms with Crippen molar-refractivity contribution in [2.75, 3.05) is 0 Å². The van der Waals surface area contributed by atoms with Gasteiger partial charge in [0, 0.05) is 27.5 Å². The molecule has 21 heavy (non-hydrogen) atoms. The third-order valence-corrected chi connectivity index (χ3v) is 4.44. The van der Waals surface area contributed by atoms with E-state index in [0.29, 0.717) is 11.1 Å². The van der Waals surface area contributed by atoms with Crippen LogP contribution in [-0.4, -0.2) is 16.8 Å². The number of hydrogen-bond donors (Lipinski definition) is 2. The van der Waals surface area contributed by atoms with Gasteiger partial charge >= 0.3 is 0 Å². The molecule has 0 bridgehead atoms. The predicted molar refractivity (Wildman–Crippen MR) is 82.6 cm³/mol. The van der Waals surface area contributed by atoms with Gasteiger partial charge in [0.15, 0.2) is 0 Å². The lowest BCUT2D eigenvalue weighted by atomic mass is 10.00. The Morgan fingerprint density at radius 1 is 0.905 bits per heavy atom. The minimum Gasteiger partial charge on any atom is -0.361 e. The molecule has 2 N–H and O–H groups in total. The Hall–Kier alpha value is -2.66. The second kappa shape index (κ2) is 4.43. The summed E-state index contributed by atoms with van der Waals surface area (Å²) in [4.78, 5) is 28.3. The molecular weight excluding hydrogens is 284 g/mol. The number of fused-ring (bicyclic) bond motifs is 1. The molecule has 1 aromatic carbocycles. The number of carbonyl (C=O) groups excluding carboxylic acids is 2. The number of aromatic amines is 1. The molecule has 1 aliphatic heterocycles. The van der Waals surface area contributed by atoms with Gasteiger partial charge in [-0.25, -0.2) is 0 Å². The summed E-state index contributed by atoms with van der Waals surface area (Å²) < 4.78 is 0. The first kappa shape index (κ1) is 12.1. The van der Waals surface area contributed by atoms with Gasteiger partial charge in [-0.1, -0.05) is 24.3 Å². The lowest BCUT2D eigenvalue weighted by molar-refractivity contribution is -0.122. The van der Waals surface area contributed by atoms with Gasteiger partial charge in [0.2, 0.25) is 0 Å². The Morgan fingerprint density at radius 3 is 2.52 bits per heavy atom. The molecule has 0 atom stereocenters. The summed E-state index contributed by atoms with van der Waals surface area (Å²) in [6.45, 7) is 0. The molecule has 5 heteroatoms. The van der Waals surface area contributed by atoms with Crippen LogP contribution in [0.4, 0.5) is 0 Å². The molecule has 0 unspecified atom stereocenters. The van der Waals surface area contributed by atoms with Crippen LogP contribution in [0.5, 0.6) is 0 Å². The number of hydrogen-bond acceptors (Lipinski definition) is 3. The third-order valence-electron chi connectivity index (χ3n) is 3.56. The van der Waals surface area contributed by atoms with E-state index in [1.165, 1.54) is 11.3 Å². The van der Waals surface area contributed by atoms with Crippen LogP contribution < -0.4 is 5.32 Å². The molecule has 0 radical (unpaired) electrons. The highest BCUT2D eigenvalue weighted by Gasteiger charge is 2.33. The van der Waals surface area contributed by atoms with Crippen LogP contribution in [0.2, 0.25) is 0 Å². The number of benzene rings is 1. The summed E-state index contributed by atoms with van der Waals surface area (Å²) in [6, 6.07) is 11.5. The lowest BCUT2D eigenvalue weighted by Crippen LogP contribution is -2.22. The molecule has 0 saturated heterocycles. The Morgan fingerprint density at radius 2 is 1.71 bits per heavy atom. The van der Waals surface area contributed by atoms with E-state index in [9.17, 15) is 9.59 Å². The van der Waals surface area contributed by atoms with Crippen LogP contribution in [0, 0.1) is 0 Å². The number of amides is 2. The first-order valence-electron chi connectivity index (χ1n) is 6.46. The SMILES string of the molecule is O=C1NC(=O)C(c2c[nH]c3ccccc23)=C1c1cccs1. The van der Waals surface area contributed by atoms with Gasteiger partial charge in [-0.05, 0) is 17.5 Å². The molecule has 3 aromatic rings. The quantitative estimate of drug-likeness (QED) is 0.714. The van der Waals surface area contributed by atoms with Crippen molar-refractivity contribution in [3.63, 3.8) is 0 Å². The zero-order valence-electron chi connectivity index (χ0n) is 10.8. The Balaban J connectivity index is 2.04. The van der Waals surface area contributed by atoms with Gasteiger partial charge in [0.1, 0.15) is 0 Å². The maximum absolute atomic E-state index is 12.2. The molecule has 3 heterocycles. The highest BCUT2D eigenvalue weighted by molar-refractivity contribution is 7.11. The van der Waals surface area contributed by atoms with Gasteiger partial charge in [-0.2, -0.15) is 0 Å². The fourth-order valence-electron chi connectivity index (χ4n) is 2.65. The summed E-state index contributed by atoms with van der Waals surface area (Å²) in [5.41, 5.74) is 2.61. The topological polar surface area (TPSA) is 62.0 Å². The molecule has 1 aliphatic rings. The number of imide groups is 1. The predicted octanol–water partition coefficient (Wildman–Crippen LogP) is 2.80. The normalized spacial score (nSPS) is 15.0. The molecule has 0 aliphatic carbocycles. The van der Waals surface area contributed by atoms with E-state index < -0.39 is 0 Å². The zero-order valence-corrected chi connectivity index (χ0v) is 11.7. The minimum atomic E-state index is -0.340. The maximum atomic E-state index is 12.2. The number of thiophene rings is 1. The largest absolute Gasteiger partial charge is 0.361 e. The van der Waals surface area contributed by atoms with E-state index in [2.05, 4.69) is 10.3 Å². The average molecular weight is 294 g/mol. The highest BCUT2D eigenvalue weighted by Crippen LogP contribution is 2.36. The van der Waals surface area contributed by atoms with Gasteiger partial charge < -0.3 is 4.98 Å². The van der Waals surface area contributed by atoms with Crippen molar-refractivity contribution >= 4 is 45.2 Å². The maximum Gasteiger partial charge on any atom is 0.260 e. The van der Waals surface area contributed by atoms with E-state index in [1.54, 1.807) is 6.20 Å². The van der Waals surface area contributed by atoms with Crippen molar-refractivity contribution in [2.24, 2.45) is 0 Å². The Bertz CT molecular complexity index is 903. The van der Waals surface area contributed by atoms with Crippen molar-refractivity contribution in [3.8, 4) is 0 Å². The molecule has 2 aromatic heterocycles. The summed E-state index contributed by atoms with van der Waals surface area (Å²) in [6.07, 6.45) is 1.78. The van der Waals surface area contributed by atoms with Crippen LogP contribution in [-0.2, 0) is 9.59 Å². The summed E-state index contributed by atoms with van der Waals surface area (Å²) >= 11 is 1.45. The van der Waals surface area contributed by atoms with Gasteiger partial charge in [0.05, 0.1) is 11.1 Å². The molecule has 0 fully saturated rings. The fraction of sp³-hybridized carbons (Fsp3) is 0. The molecule has 0 saturated carbocycles. The second-order valence-electron chi connectivity index (χ2n) is 4.76. The van der Waals surface area contributed by atoms with Crippen LogP contribution >= 0.6 is 11.3 Å². The van der Waals surface area contributed by atoms with Crippen molar-refractivity contribution in [2.45, 2.75) is 0 Å². The number of H-pyrrole nitrogens is 1. The Kier molecular flexibility index (Phi) is 2.55. The van der Waals surface area contributed by atoms with Crippen LogP contribution in [0.1, 0.15) is 10.4 Å². The molecule has 4 rings (SSSR count). The van der Waals surface area contributed by atoms with E-state index in [-0.39, 0.29) is 11.8 Å². The summed E-state index contributed by atoms with van der Waals surface area (Å²) in [5.74, 6) is -0.670. The number of nitrogens with one attached hydrogen (secondary N) is 2. The van der Waals surface area contributed by atoms with E-state index in [1.807, 2.05) is 41.8 Å². The molecule has 102 valence electrons. The zero-order chi connectivity index (χ0) is 14.4. The number of carbonyl (C=O) groups is 2. The van der Waals surface area contributed by atoms with Gasteiger partial charge in [-0.15, -0.1) is 11.3 Å². The molecule has 4 nitrogen and oxygen atoms in total. The first-order chi connectivity index (χ1) is 10.3. The average Bonchev–Trinajstić information content (AvgIpc) is 3.17. The fourth-order valence-corrected chi connectivity index (χ4v) is 3.42. The van der Waals surface area contributed by atoms with E-state index >= 15 is 0 Å². The van der Waals surface area contributed by atoms with Crippen LogP contribution in [0.15, 0.2) is 48.0 Å². The van der Waals surface area contributed by atoms with Crippen molar-refractivity contribution in [1.29, 1.82) is 0 Å². The summed E-state index contributed by atoms with van der Waals surface area (Å²) in [7, 11) is 0. The molecule has 2 amide bonds. The summed E-state index contributed by atoms with van der Waals surface area (Å²) in [5, 5.41) is 5.23. The van der Waals surface area contributed by atoms with Crippen LogP contribution in [0.25, 0.3) is 22.0 Å². The van der Waals surface area contributed by atoms with Crippen molar-refractivity contribution < 1.29 is 9.59 Å². The van der Waals surface area contributed by atoms with Crippen LogP contribution in [0.3, 0.4) is 0 Å². The van der Waals surface area contributed by atoms with Crippen molar-refractivity contribution in [1.82, 2.24) is 10.3 Å². The minimum absolute atomic E-state index is 0.331. The Labute approximate surface area is 124 Å². The second-order valence-corrected chi connectivity index (χ2v) is 5.71. The number of rotatable bonds is 2. The third kappa shape index (κ3) is 1.75. The lowest BCUT2D eigenvalue weighted by Gasteiger charge is -2.01. The molecular formula is C16H10N2O2S. The van der Waals surface area contributed by atoms with E-state index in [0.717, 1.165) is 21.3 Å². The van der Waals surface area contributed by atoms with Gasteiger partial charge in [-0.3, -0.25) is 14.9 Å². The monoisotopic (exact) mass is 294 g/mol. The highest BCUT2D eigenvalue weighted by atomic mass is 32.1.